The number of halogens is 1. The van der Waals surface area contributed by atoms with Gasteiger partial charge in [-0.2, -0.15) is 4.72 Å². The van der Waals surface area contributed by atoms with Gasteiger partial charge in [-0.15, -0.1) is 0 Å². The molecule has 8 heteroatoms. The number of methoxy groups -OCH3 is 1. The predicted octanol–water partition coefficient (Wildman–Crippen LogP) is 2.14. The summed E-state index contributed by atoms with van der Waals surface area (Å²) in [4.78, 5) is 12.1. The summed E-state index contributed by atoms with van der Waals surface area (Å²) in [5.41, 5.74) is 0.246. The summed E-state index contributed by atoms with van der Waals surface area (Å²) in [5.74, 6) is -0.581. The van der Waals surface area contributed by atoms with Crippen LogP contribution in [0.25, 0.3) is 0 Å². The van der Waals surface area contributed by atoms with E-state index in [9.17, 15) is 17.6 Å². The van der Waals surface area contributed by atoms with Crippen LogP contribution < -0.4 is 14.8 Å². The number of carbonyl (C=O) groups excluding carboxylic acids is 1. The first-order valence-electron chi connectivity index (χ1n) is 7.04. The van der Waals surface area contributed by atoms with Crippen LogP contribution in [0.1, 0.15) is 6.92 Å². The summed E-state index contributed by atoms with van der Waals surface area (Å²) in [6.07, 6.45) is 0. The van der Waals surface area contributed by atoms with Gasteiger partial charge in [0, 0.05) is 5.69 Å². The molecule has 0 fully saturated rings. The fraction of sp³-hybridized carbons (Fsp3) is 0.188. The summed E-state index contributed by atoms with van der Waals surface area (Å²) in [6, 6.07) is 10.0. The molecule has 0 aromatic heterocycles. The van der Waals surface area contributed by atoms with E-state index in [-0.39, 0.29) is 10.6 Å². The maximum Gasteiger partial charge on any atom is 0.242 e. The minimum atomic E-state index is -3.87. The minimum Gasteiger partial charge on any atom is -0.497 e. The monoisotopic (exact) mass is 352 g/mol. The van der Waals surface area contributed by atoms with Crippen LogP contribution in [0.2, 0.25) is 0 Å². The van der Waals surface area contributed by atoms with Gasteiger partial charge in [-0.1, -0.05) is 6.07 Å². The molecule has 0 bridgehead atoms. The van der Waals surface area contributed by atoms with Crippen molar-refractivity contribution in [2.45, 2.75) is 17.9 Å². The third-order valence-electron chi connectivity index (χ3n) is 3.19. The lowest BCUT2D eigenvalue weighted by atomic mass is 10.3. The molecule has 0 spiro atoms. The largest absolute Gasteiger partial charge is 0.497 e. The van der Waals surface area contributed by atoms with Crippen LogP contribution in [0.4, 0.5) is 10.1 Å². The van der Waals surface area contributed by atoms with Crippen LogP contribution in [-0.4, -0.2) is 27.5 Å². The zero-order chi connectivity index (χ0) is 17.7. The van der Waals surface area contributed by atoms with E-state index in [4.69, 9.17) is 4.74 Å². The lowest BCUT2D eigenvalue weighted by Crippen LogP contribution is -2.41. The molecule has 2 rings (SSSR count). The van der Waals surface area contributed by atoms with E-state index in [0.29, 0.717) is 5.75 Å². The maximum atomic E-state index is 13.1. The van der Waals surface area contributed by atoms with Crippen molar-refractivity contribution in [3.05, 3.63) is 54.3 Å². The van der Waals surface area contributed by atoms with Crippen molar-refractivity contribution >= 4 is 21.6 Å². The number of benzene rings is 2. The molecule has 24 heavy (non-hydrogen) atoms. The van der Waals surface area contributed by atoms with Crippen molar-refractivity contribution < 1.29 is 22.3 Å². The highest BCUT2D eigenvalue weighted by Gasteiger charge is 2.22. The number of anilines is 1. The Kier molecular flexibility index (Phi) is 5.53. The summed E-state index contributed by atoms with van der Waals surface area (Å²) in [7, 11) is -2.40. The second kappa shape index (κ2) is 7.41. The van der Waals surface area contributed by atoms with Crippen molar-refractivity contribution in [2.75, 3.05) is 12.4 Å². The van der Waals surface area contributed by atoms with Crippen LogP contribution in [0, 0.1) is 5.82 Å². The molecule has 6 nitrogen and oxygen atoms in total. The molecule has 0 saturated heterocycles. The summed E-state index contributed by atoms with van der Waals surface area (Å²) < 4.78 is 44.9. The van der Waals surface area contributed by atoms with Crippen LogP contribution >= 0.6 is 0 Å². The van der Waals surface area contributed by atoms with E-state index in [0.717, 1.165) is 6.07 Å². The smallest absolute Gasteiger partial charge is 0.242 e. The molecule has 0 saturated carbocycles. The third kappa shape index (κ3) is 4.53. The van der Waals surface area contributed by atoms with E-state index >= 15 is 0 Å². The van der Waals surface area contributed by atoms with Gasteiger partial charge in [-0.25, -0.2) is 12.8 Å². The zero-order valence-corrected chi connectivity index (χ0v) is 13.9. The molecule has 0 heterocycles. The summed E-state index contributed by atoms with van der Waals surface area (Å²) in [6.45, 7) is 1.40. The average molecular weight is 352 g/mol. The first-order chi connectivity index (χ1) is 11.3. The molecule has 0 aliphatic carbocycles. The molecule has 2 aromatic rings. The fourth-order valence-corrected chi connectivity index (χ4v) is 3.13. The zero-order valence-electron chi connectivity index (χ0n) is 13.1. The van der Waals surface area contributed by atoms with Gasteiger partial charge in [0.2, 0.25) is 15.9 Å². The minimum absolute atomic E-state index is 0.00806. The van der Waals surface area contributed by atoms with Crippen LogP contribution in [0.15, 0.2) is 53.4 Å². The third-order valence-corrected chi connectivity index (χ3v) is 4.74. The molecule has 0 aliphatic heterocycles. The van der Waals surface area contributed by atoms with Crippen molar-refractivity contribution in [1.82, 2.24) is 4.72 Å². The van der Waals surface area contributed by atoms with E-state index < -0.39 is 27.8 Å². The van der Waals surface area contributed by atoms with Gasteiger partial charge in [0.15, 0.2) is 0 Å². The Balaban J connectivity index is 2.06. The molecule has 0 radical (unpaired) electrons. The van der Waals surface area contributed by atoms with Gasteiger partial charge >= 0.3 is 0 Å². The molecule has 2 N–H and O–H groups in total. The molecule has 0 unspecified atom stereocenters. The van der Waals surface area contributed by atoms with Gasteiger partial charge < -0.3 is 10.1 Å². The SMILES string of the molecule is COc1ccc(S(=O)(=O)N[C@H](C)C(=O)Nc2cccc(F)c2)cc1. The van der Waals surface area contributed by atoms with Crippen LogP contribution in [0.3, 0.4) is 0 Å². The fourth-order valence-electron chi connectivity index (χ4n) is 1.93. The number of rotatable bonds is 6. The first kappa shape index (κ1) is 17.9. The summed E-state index contributed by atoms with van der Waals surface area (Å²) >= 11 is 0. The molecule has 128 valence electrons. The van der Waals surface area contributed by atoms with Crippen molar-refractivity contribution in [2.24, 2.45) is 0 Å². The van der Waals surface area contributed by atoms with E-state index in [2.05, 4.69) is 10.0 Å². The van der Waals surface area contributed by atoms with E-state index in [1.807, 2.05) is 0 Å². The van der Waals surface area contributed by atoms with Gasteiger partial charge in [-0.05, 0) is 49.4 Å². The van der Waals surface area contributed by atoms with E-state index in [1.165, 1.54) is 56.5 Å². The number of sulfonamides is 1. The van der Waals surface area contributed by atoms with E-state index in [1.54, 1.807) is 0 Å². The highest BCUT2D eigenvalue weighted by molar-refractivity contribution is 7.89. The van der Waals surface area contributed by atoms with Gasteiger partial charge in [0.25, 0.3) is 0 Å². The quantitative estimate of drug-likeness (QED) is 0.834. The Morgan fingerprint density at radius 2 is 1.83 bits per heavy atom. The Morgan fingerprint density at radius 3 is 2.42 bits per heavy atom. The van der Waals surface area contributed by atoms with Crippen molar-refractivity contribution in [3.63, 3.8) is 0 Å². The molecule has 1 atom stereocenters. The number of hydrogen-bond acceptors (Lipinski definition) is 4. The standard InChI is InChI=1S/C16H17FN2O4S/c1-11(16(20)18-13-5-3-4-12(17)10-13)19-24(21,22)15-8-6-14(23-2)7-9-15/h3-11,19H,1-2H3,(H,18,20)/t11-/m1/s1. The summed E-state index contributed by atoms with van der Waals surface area (Å²) in [5, 5.41) is 2.45. The highest BCUT2D eigenvalue weighted by atomic mass is 32.2. The molecule has 0 aliphatic rings. The normalized spacial score (nSPS) is 12.5. The highest BCUT2D eigenvalue weighted by Crippen LogP contribution is 2.16. The second-order valence-corrected chi connectivity index (χ2v) is 6.73. The number of amides is 1. The molecule has 1 amide bonds. The van der Waals surface area contributed by atoms with Gasteiger partial charge in [-0.3, -0.25) is 4.79 Å². The number of nitrogens with one attached hydrogen (secondary N) is 2. The lowest BCUT2D eigenvalue weighted by Gasteiger charge is -2.14. The molecular weight excluding hydrogens is 335 g/mol. The average Bonchev–Trinajstić information content (AvgIpc) is 2.54. The predicted molar refractivity (Wildman–Crippen MR) is 87.8 cm³/mol. The van der Waals surface area contributed by atoms with Crippen molar-refractivity contribution in [3.8, 4) is 5.75 Å². The number of ether oxygens (including phenoxy) is 1. The van der Waals surface area contributed by atoms with Gasteiger partial charge in [0.1, 0.15) is 11.6 Å². The second-order valence-electron chi connectivity index (χ2n) is 5.02. The molecule has 2 aromatic carbocycles. The Hall–Kier alpha value is -2.45. The van der Waals surface area contributed by atoms with Crippen LogP contribution in [-0.2, 0) is 14.8 Å². The van der Waals surface area contributed by atoms with Crippen molar-refractivity contribution in [1.29, 1.82) is 0 Å². The van der Waals surface area contributed by atoms with Gasteiger partial charge in [0.05, 0.1) is 18.0 Å². The topological polar surface area (TPSA) is 84.5 Å². The molecular formula is C16H17FN2O4S. The Labute approximate surface area is 139 Å². The first-order valence-corrected chi connectivity index (χ1v) is 8.53. The number of carbonyl (C=O) groups is 1. The number of hydrogen-bond donors (Lipinski definition) is 2. The lowest BCUT2D eigenvalue weighted by molar-refractivity contribution is -0.117. The Bertz CT molecular complexity index is 822. The maximum absolute atomic E-state index is 13.1. The van der Waals surface area contributed by atoms with Crippen LogP contribution in [0.5, 0.6) is 5.75 Å². The Morgan fingerprint density at radius 1 is 1.17 bits per heavy atom.